The molecule has 11 rings (SSSR count). The molecule has 3 aliphatic heterocycles. The van der Waals surface area contributed by atoms with E-state index in [4.69, 9.17) is 15.8 Å². The molecule has 3 amide bonds. The highest BCUT2D eigenvalue weighted by molar-refractivity contribution is 5.88. The molecule has 0 aromatic rings. The van der Waals surface area contributed by atoms with Crippen molar-refractivity contribution < 1.29 is 38.4 Å². The third-order valence-electron chi connectivity index (χ3n) is 17.9. The molecule has 11 fully saturated rings. The van der Waals surface area contributed by atoms with Crippen molar-refractivity contribution >= 4 is 71.5 Å². The standard InChI is InChI=1S/3C15H21N3O2.C8H10O2.3CH4.2ClH/c3*16-8-13-2-1-3-18(13)15(20)9-17-12-4-10-6-14(19)7-11(10)5-12;9-7-1-5-2-8(10)4-6(5)3-7;;;;;/h3*10-13,17H,1-7,9H2;5-6H,1-4H2;3*1H4;2*1H/t3*10-,11+,12?,13-;;;;;;/m000....../s1. The summed E-state index contributed by atoms with van der Waals surface area (Å²) in [4.78, 5) is 97.3. The maximum atomic E-state index is 12.1. The minimum absolute atomic E-state index is 0. The molecule has 0 aromatic heterocycles. The lowest BCUT2D eigenvalue weighted by Crippen LogP contribution is -2.43. The lowest BCUT2D eigenvalue weighted by Gasteiger charge is -2.21. The predicted molar refractivity (Wildman–Crippen MR) is 288 cm³/mol. The lowest BCUT2D eigenvalue weighted by molar-refractivity contribution is -0.131. The van der Waals surface area contributed by atoms with Gasteiger partial charge in [0.1, 0.15) is 47.0 Å². The second-order valence-electron chi connectivity index (χ2n) is 22.6. The maximum Gasteiger partial charge on any atom is 0.237 e. The maximum absolute atomic E-state index is 12.1. The molecule has 3 heterocycles. The minimum atomic E-state index is -0.232. The molecule has 12 atom stereocenters. The predicted octanol–water partition coefficient (Wildman–Crippen LogP) is 6.24. The topological polar surface area (TPSA) is 254 Å². The third kappa shape index (κ3) is 16.6. The van der Waals surface area contributed by atoms with Crippen molar-refractivity contribution in [2.24, 2.45) is 47.3 Å². The number of nitrogens with one attached hydrogen (secondary N) is 3. The Morgan fingerprint density at radius 1 is 0.387 bits per heavy atom. The molecule has 11 aliphatic rings. The fraction of sp³-hybridized carbons (Fsp3) is 0.804. The molecule has 75 heavy (non-hydrogen) atoms. The number of nitriles is 3. The molecule has 0 spiro atoms. The van der Waals surface area contributed by atoms with Gasteiger partial charge in [0, 0.05) is 102 Å². The van der Waals surface area contributed by atoms with E-state index in [2.05, 4.69) is 34.2 Å². The first kappa shape index (κ1) is 65.0. The molecule has 17 nitrogen and oxygen atoms in total. The number of fused-ring (bicyclic) bond motifs is 4. The molecule has 0 aromatic carbocycles. The van der Waals surface area contributed by atoms with Crippen molar-refractivity contribution in [1.82, 2.24) is 30.7 Å². The molecule has 418 valence electrons. The summed E-state index contributed by atoms with van der Waals surface area (Å²) in [5.41, 5.74) is 0. The highest BCUT2D eigenvalue weighted by Crippen LogP contribution is 2.44. The molecular weight excluding hydrogens is 998 g/mol. The Morgan fingerprint density at radius 2 is 0.587 bits per heavy atom. The van der Waals surface area contributed by atoms with Crippen LogP contribution < -0.4 is 16.0 Å². The molecule has 3 unspecified atom stereocenters. The highest BCUT2D eigenvalue weighted by Gasteiger charge is 2.44. The van der Waals surface area contributed by atoms with Gasteiger partial charge < -0.3 is 30.7 Å². The number of likely N-dealkylation sites (tertiary alicyclic amines) is 3. The summed E-state index contributed by atoms with van der Waals surface area (Å²) in [5, 5.41) is 37.0. The van der Waals surface area contributed by atoms with Crippen molar-refractivity contribution in [2.75, 3.05) is 39.3 Å². The number of hydrogen-bond donors (Lipinski definition) is 3. The van der Waals surface area contributed by atoms with Crippen LogP contribution in [0.2, 0.25) is 0 Å². The molecule has 0 radical (unpaired) electrons. The van der Waals surface area contributed by atoms with E-state index >= 15 is 0 Å². The van der Waals surface area contributed by atoms with Gasteiger partial charge in [0.25, 0.3) is 0 Å². The van der Waals surface area contributed by atoms with E-state index in [9.17, 15) is 38.4 Å². The van der Waals surface area contributed by atoms with Crippen molar-refractivity contribution in [3.05, 3.63) is 0 Å². The smallest absolute Gasteiger partial charge is 0.237 e. The van der Waals surface area contributed by atoms with Gasteiger partial charge in [-0.1, -0.05) is 22.3 Å². The number of amides is 3. The molecule has 8 saturated carbocycles. The van der Waals surface area contributed by atoms with Gasteiger partial charge in [0.15, 0.2) is 0 Å². The third-order valence-corrected chi connectivity index (χ3v) is 17.9. The second-order valence-corrected chi connectivity index (χ2v) is 22.6. The first-order valence-corrected chi connectivity index (χ1v) is 26.6. The van der Waals surface area contributed by atoms with Gasteiger partial charge >= 0.3 is 0 Å². The zero-order valence-electron chi connectivity index (χ0n) is 41.6. The van der Waals surface area contributed by atoms with E-state index in [-0.39, 0.29) is 82.9 Å². The van der Waals surface area contributed by atoms with Crippen LogP contribution in [0.4, 0.5) is 0 Å². The van der Waals surface area contributed by atoms with Crippen LogP contribution in [0.3, 0.4) is 0 Å². The van der Waals surface area contributed by atoms with Gasteiger partial charge in [0.05, 0.1) is 37.8 Å². The van der Waals surface area contributed by atoms with Gasteiger partial charge in [0.2, 0.25) is 17.7 Å². The summed E-state index contributed by atoms with van der Waals surface area (Å²) in [7, 11) is 0. The molecular formula is C56H87Cl2N9O8. The van der Waals surface area contributed by atoms with E-state index in [0.717, 1.165) is 116 Å². The van der Waals surface area contributed by atoms with Gasteiger partial charge in [-0.05, 0) is 124 Å². The summed E-state index contributed by atoms with van der Waals surface area (Å²) in [5.74, 6) is 6.15. The van der Waals surface area contributed by atoms with Crippen molar-refractivity contribution in [2.45, 2.75) is 200 Å². The fourth-order valence-electron chi connectivity index (χ4n) is 14.4. The molecule has 0 bridgehead atoms. The number of halogens is 2. The fourth-order valence-corrected chi connectivity index (χ4v) is 14.4. The van der Waals surface area contributed by atoms with Crippen molar-refractivity contribution in [1.29, 1.82) is 15.8 Å². The van der Waals surface area contributed by atoms with Gasteiger partial charge in [-0.25, -0.2) is 0 Å². The molecule has 3 N–H and O–H groups in total. The van der Waals surface area contributed by atoms with Crippen molar-refractivity contribution in [3.8, 4) is 18.2 Å². The Balaban J connectivity index is 0.000000264. The Morgan fingerprint density at radius 3 is 0.787 bits per heavy atom. The Kier molecular flexibility index (Phi) is 26.0. The van der Waals surface area contributed by atoms with Crippen LogP contribution in [-0.4, -0.2) is 137 Å². The number of nitrogens with zero attached hydrogens (tertiary/aromatic N) is 6. The number of rotatable bonds is 9. The van der Waals surface area contributed by atoms with Crippen LogP contribution in [0.15, 0.2) is 0 Å². The van der Waals surface area contributed by atoms with E-state index in [1.807, 2.05) is 0 Å². The van der Waals surface area contributed by atoms with Crippen LogP contribution in [-0.2, 0) is 38.4 Å². The number of hydrogen-bond acceptors (Lipinski definition) is 14. The van der Waals surface area contributed by atoms with Gasteiger partial charge in [-0.3, -0.25) is 38.4 Å². The molecule has 19 heteroatoms. The molecule has 3 saturated heterocycles. The second kappa shape index (κ2) is 30.0. The number of carbonyl (C=O) groups is 8. The van der Waals surface area contributed by atoms with Crippen molar-refractivity contribution in [3.63, 3.8) is 0 Å². The van der Waals surface area contributed by atoms with E-state index < -0.39 is 0 Å². The van der Waals surface area contributed by atoms with Crippen LogP contribution in [0.1, 0.15) is 164 Å². The molecule has 8 aliphatic carbocycles. The van der Waals surface area contributed by atoms with E-state index in [0.29, 0.717) is 159 Å². The van der Waals surface area contributed by atoms with E-state index in [1.54, 1.807) is 14.7 Å². The lowest BCUT2D eigenvalue weighted by atomic mass is 10.0. The van der Waals surface area contributed by atoms with Crippen LogP contribution in [0, 0.1) is 81.3 Å². The number of ketones is 5. The SMILES string of the molecule is C.C.C.Cl.Cl.N#C[C@@H]1CCCN1C(=O)CNC1C[C@H]2CC(=O)C[C@H]2C1.N#C[C@@H]1CCCN1C(=O)CNC1C[C@H]2CC(=O)C[C@H]2C1.N#C[C@@H]1CCCN1C(=O)CNC1C[C@H]2CC(=O)C[C@H]2C1.O=C1CC2CC(=O)CC2C1. The zero-order valence-corrected chi connectivity index (χ0v) is 43.3. The quantitative estimate of drug-likeness (QED) is 0.231. The monoisotopic (exact) mass is 1080 g/mol. The zero-order chi connectivity index (χ0) is 49.5. The summed E-state index contributed by atoms with van der Waals surface area (Å²) in [6.45, 7) is 3.12. The summed E-state index contributed by atoms with van der Waals surface area (Å²) < 4.78 is 0. The number of carbonyl (C=O) groups excluding carboxylic acids is 8. The Bertz CT molecular complexity index is 1880. The van der Waals surface area contributed by atoms with Crippen LogP contribution in [0.25, 0.3) is 0 Å². The van der Waals surface area contributed by atoms with E-state index in [1.165, 1.54) is 0 Å². The summed E-state index contributed by atoms with van der Waals surface area (Å²) >= 11 is 0. The van der Waals surface area contributed by atoms with Gasteiger partial charge in [-0.15, -0.1) is 24.8 Å². The first-order valence-electron chi connectivity index (χ1n) is 26.6. The van der Waals surface area contributed by atoms with Crippen LogP contribution in [0.5, 0.6) is 0 Å². The normalized spacial score (nSPS) is 34.1. The summed E-state index contributed by atoms with van der Waals surface area (Å²) in [6, 6.07) is 7.00. The minimum Gasteiger partial charge on any atom is -0.326 e. The Labute approximate surface area is 458 Å². The average Bonchev–Trinajstić information content (AvgIpc) is 4.15. The summed E-state index contributed by atoms with van der Waals surface area (Å²) in [6.07, 6.45) is 18.4. The first-order chi connectivity index (χ1) is 33.8. The van der Waals surface area contributed by atoms with Gasteiger partial charge in [-0.2, -0.15) is 15.8 Å². The largest absolute Gasteiger partial charge is 0.326 e. The average molecular weight is 1090 g/mol. The Hall–Kier alpha value is -4.31. The highest BCUT2D eigenvalue weighted by atomic mass is 35.5. The number of Topliss-reactive ketones (excluding diaryl/α,β-unsaturated/α-hetero) is 5. The van der Waals surface area contributed by atoms with Crippen LogP contribution >= 0.6 is 24.8 Å².